The summed E-state index contributed by atoms with van der Waals surface area (Å²) in [4.78, 5) is 14.0. The van der Waals surface area contributed by atoms with Crippen molar-refractivity contribution in [3.05, 3.63) is 0 Å². The summed E-state index contributed by atoms with van der Waals surface area (Å²) in [5.74, 6) is 0.177. The van der Waals surface area contributed by atoms with E-state index in [1.807, 2.05) is 0 Å². The number of carbonyl (C=O) groups is 1. The van der Waals surface area contributed by atoms with Crippen molar-refractivity contribution in [2.24, 2.45) is 0 Å². The molecule has 1 aliphatic carbocycles. The van der Waals surface area contributed by atoms with Crippen molar-refractivity contribution in [2.45, 2.75) is 37.8 Å². The molecule has 2 aliphatic rings. The maximum atomic E-state index is 11.6. The lowest BCUT2D eigenvalue weighted by molar-refractivity contribution is -0.122. The van der Waals surface area contributed by atoms with Crippen LogP contribution in [0.2, 0.25) is 0 Å². The molecular formula is C11H23Cl2N3O. The molecule has 0 aromatic rings. The summed E-state index contributed by atoms with van der Waals surface area (Å²) in [5.41, 5.74) is 0. The summed E-state index contributed by atoms with van der Waals surface area (Å²) in [6.45, 7) is 2.74. The zero-order valence-corrected chi connectivity index (χ0v) is 11.9. The van der Waals surface area contributed by atoms with Crippen molar-refractivity contribution in [1.29, 1.82) is 0 Å². The minimum absolute atomic E-state index is 0. The maximum absolute atomic E-state index is 11.6. The smallest absolute Gasteiger partial charge is 0.237 e. The van der Waals surface area contributed by atoms with E-state index in [0.29, 0.717) is 0 Å². The Hall–Kier alpha value is -0.0300. The molecule has 6 heteroatoms. The molecule has 1 saturated heterocycles. The van der Waals surface area contributed by atoms with Gasteiger partial charge in [0.15, 0.2) is 0 Å². The van der Waals surface area contributed by atoms with Crippen molar-refractivity contribution < 1.29 is 4.79 Å². The Kier molecular flexibility index (Phi) is 8.12. The van der Waals surface area contributed by atoms with Crippen molar-refractivity contribution in [1.82, 2.24) is 15.5 Å². The van der Waals surface area contributed by atoms with Crippen LogP contribution in [0.3, 0.4) is 0 Å². The Balaban J connectivity index is 0.00000128. The molecule has 1 heterocycles. The van der Waals surface area contributed by atoms with E-state index in [4.69, 9.17) is 0 Å². The van der Waals surface area contributed by atoms with Crippen molar-refractivity contribution in [3.63, 3.8) is 0 Å². The van der Waals surface area contributed by atoms with Crippen LogP contribution in [0.15, 0.2) is 0 Å². The first-order chi connectivity index (χ1) is 7.27. The van der Waals surface area contributed by atoms with Gasteiger partial charge in [0, 0.05) is 19.1 Å². The van der Waals surface area contributed by atoms with E-state index in [-0.39, 0.29) is 36.8 Å². The molecule has 0 spiro atoms. The van der Waals surface area contributed by atoms with Crippen LogP contribution in [-0.2, 0) is 4.79 Å². The first-order valence-electron chi connectivity index (χ1n) is 5.98. The van der Waals surface area contributed by atoms with Gasteiger partial charge < -0.3 is 15.5 Å². The molecule has 1 atom stereocenters. The first-order valence-corrected chi connectivity index (χ1v) is 5.98. The molecule has 2 N–H and O–H groups in total. The second kappa shape index (κ2) is 8.14. The van der Waals surface area contributed by atoms with Crippen LogP contribution < -0.4 is 10.6 Å². The van der Waals surface area contributed by atoms with Gasteiger partial charge in [0.25, 0.3) is 0 Å². The molecular weight excluding hydrogens is 261 g/mol. The summed E-state index contributed by atoms with van der Waals surface area (Å²) in [7, 11) is 2.14. The molecule has 1 aliphatic heterocycles. The summed E-state index contributed by atoms with van der Waals surface area (Å²) < 4.78 is 0. The molecule has 0 aromatic carbocycles. The number of amides is 1. The monoisotopic (exact) mass is 283 g/mol. The highest BCUT2D eigenvalue weighted by Gasteiger charge is 2.26. The number of rotatable bonds is 5. The van der Waals surface area contributed by atoms with Crippen LogP contribution in [0.5, 0.6) is 0 Å². The standard InChI is InChI=1S/C11H21N3O.2ClH/c1-14(9-4-5-9)8-7-13-11(15)10-3-2-6-12-10;;/h9-10,12H,2-8H2,1H3,(H,13,15);2*1H/t10-;;/m0../s1. The van der Waals surface area contributed by atoms with Gasteiger partial charge in [0.2, 0.25) is 5.91 Å². The van der Waals surface area contributed by atoms with Gasteiger partial charge in [-0.1, -0.05) is 0 Å². The average molecular weight is 284 g/mol. The Morgan fingerprint density at radius 1 is 1.35 bits per heavy atom. The second-order valence-electron chi connectivity index (χ2n) is 4.65. The molecule has 17 heavy (non-hydrogen) atoms. The minimum Gasteiger partial charge on any atom is -0.353 e. The van der Waals surface area contributed by atoms with Crippen molar-refractivity contribution >= 4 is 30.7 Å². The summed E-state index contributed by atoms with van der Waals surface area (Å²) in [5, 5.41) is 6.20. The van der Waals surface area contributed by atoms with Gasteiger partial charge in [-0.2, -0.15) is 0 Å². The minimum atomic E-state index is 0. The van der Waals surface area contributed by atoms with Gasteiger partial charge in [-0.05, 0) is 39.3 Å². The number of hydrogen-bond donors (Lipinski definition) is 2. The quantitative estimate of drug-likeness (QED) is 0.784. The lowest BCUT2D eigenvalue weighted by Crippen LogP contribution is -2.43. The van der Waals surface area contributed by atoms with E-state index in [2.05, 4.69) is 22.6 Å². The molecule has 1 saturated carbocycles. The van der Waals surface area contributed by atoms with Crippen molar-refractivity contribution in [3.8, 4) is 0 Å². The molecule has 2 rings (SSSR count). The molecule has 0 radical (unpaired) electrons. The SMILES string of the molecule is CN(CCNC(=O)[C@@H]1CCCN1)C1CC1.Cl.Cl. The summed E-state index contributed by atoms with van der Waals surface area (Å²) in [6, 6.07) is 0.850. The fourth-order valence-electron chi connectivity index (χ4n) is 2.08. The maximum Gasteiger partial charge on any atom is 0.237 e. The van der Waals surface area contributed by atoms with E-state index < -0.39 is 0 Å². The van der Waals surface area contributed by atoms with Crippen LogP contribution in [0.4, 0.5) is 0 Å². The fourth-order valence-corrected chi connectivity index (χ4v) is 2.08. The van der Waals surface area contributed by atoms with Crippen LogP contribution in [0, 0.1) is 0 Å². The Bertz CT molecular complexity index is 231. The predicted molar refractivity (Wildman–Crippen MR) is 74.2 cm³/mol. The highest BCUT2D eigenvalue weighted by atomic mass is 35.5. The summed E-state index contributed by atoms with van der Waals surface area (Å²) >= 11 is 0. The highest BCUT2D eigenvalue weighted by molar-refractivity contribution is 5.85. The van der Waals surface area contributed by atoms with Crippen LogP contribution >= 0.6 is 24.8 Å². The number of carbonyl (C=O) groups excluding carboxylic acids is 1. The van der Waals surface area contributed by atoms with E-state index in [9.17, 15) is 4.79 Å². The first kappa shape index (κ1) is 17.0. The summed E-state index contributed by atoms with van der Waals surface area (Å²) in [6.07, 6.45) is 4.77. The lowest BCUT2D eigenvalue weighted by atomic mass is 10.2. The molecule has 0 bridgehead atoms. The Morgan fingerprint density at radius 2 is 2.06 bits per heavy atom. The lowest BCUT2D eigenvalue weighted by Gasteiger charge is -2.17. The highest BCUT2D eigenvalue weighted by Crippen LogP contribution is 2.24. The largest absolute Gasteiger partial charge is 0.353 e. The van der Waals surface area contributed by atoms with E-state index >= 15 is 0 Å². The van der Waals surface area contributed by atoms with Crippen LogP contribution in [0.1, 0.15) is 25.7 Å². The zero-order chi connectivity index (χ0) is 10.7. The molecule has 1 amide bonds. The zero-order valence-electron chi connectivity index (χ0n) is 10.3. The topological polar surface area (TPSA) is 44.4 Å². The molecule has 2 fully saturated rings. The van der Waals surface area contributed by atoms with Gasteiger partial charge in [0.05, 0.1) is 6.04 Å². The van der Waals surface area contributed by atoms with E-state index in [1.54, 1.807) is 0 Å². The molecule has 0 unspecified atom stereocenters. The second-order valence-corrected chi connectivity index (χ2v) is 4.65. The Morgan fingerprint density at radius 3 is 2.59 bits per heavy atom. The third-order valence-electron chi connectivity index (χ3n) is 3.31. The van der Waals surface area contributed by atoms with Gasteiger partial charge in [-0.25, -0.2) is 0 Å². The molecule has 0 aromatic heterocycles. The van der Waals surface area contributed by atoms with Crippen LogP contribution in [0.25, 0.3) is 0 Å². The number of likely N-dealkylation sites (N-methyl/N-ethyl adjacent to an activating group) is 1. The van der Waals surface area contributed by atoms with Crippen molar-refractivity contribution in [2.75, 3.05) is 26.7 Å². The fraction of sp³-hybridized carbons (Fsp3) is 0.909. The number of nitrogens with zero attached hydrogens (tertiary/aromatic N) is 1. The molecule has 4 nitrogen and oxygen atoms in total. The van der Waals surface area contributed by atoms with Gasteiger partial charge in [-0.15, -0.1) is 24.8 Å². The number of halogens is 2. The van der Waals surface area contributed by atoms with Gasteiger partial charge in [-0.3, -0.25) is 4.79 Å². The number of hydrogen-bond acceptors (Lipinski definition) is 3. The number of nitrogens with one attached hydrogen (secondary N) is 2. The van der Waals surface area contributed by atoms with Gasteiger partial charge in [0.1, 0.15) is 0 Å². The Labute approximate surface area is 116 Å². The van der Waals surface area contributed by atoms with Gasteiger partial charge >= 0.3 is 0 Å². The molecule has 102 valence electrons. The third-order valence-corrected chi connectivity index (χ3v) is 3.31. The average Bonchev–Trinajstić information content (AvgIpc) is 2.93. The van der Waals surface area contributed by atoms with E-state index in [1.165, 1.54) is 12.8 Å². The van der Waals surface area contributed by atoms with E-state index in [0.717, 1.165) is 38.5 Å². The predicted octanol–water partition coefficient (Wildman–Crippen LogP) is 0.792. The normalized spacial score (nSPS) is 22.8. The third kappa shape index (κ3) is 5.42. The van der Waals surface area contributed by atoms with Crippen LogP contribution in [-0.4, -0.2) is 49.6 Å².